The van der Waals surface area contributed by atoms with E-state index in [4.69, 9.17) is 0 Å². The molecule has 1 unspecified atom stereocenters. The third-order valence-electron chi connectivity index (χ3n) is 3.94. The summed E-state index contributed by atoms with van der Waals surface area (Å²) in [7, 11) is 0. The summed E-state index contributed by atoms with van der Waals surface area (Å²) in [6.45, 7) is 5.97. The van der Waals surface area contributed by atoms with Crippen molar-refractivity contribution in [3.05, 3.63) is 0 Å². The van der Waals surface area contributed by atoms with Gasteiger partial charge in [-0.2, -0.15) is 0 Å². The zero-order valence-corrected chi connectivity index (χ0v) is 14.2. The first-order chi connectivity index (χ1) is 9.66. The number of amides is 1. The average molecular weight is 307 g/mol. The molecule has 0 saturated heterocycles. The van der Waals surface area contributed by atoms with Crippen molar-refractivity contribution >= 4 is 35.5 Å². The van der Waals surface area contributed by atoms with Crippen molar-refractivity contribution < 1.29 is 4.79 Å². The van der Waals surface area contributed by atoms with Gasteiger partial charge >= 0.3 is 29.6 Å². The van der Waals surface area contributed by atoms with E-state index in [9.17, 15) is 4.79 Å². The Morgan fingerprint density at radius 2 is 1.19 bits per heavy atom. The standard InChI is InChI=1S/C18H37NO.Na.H/c1-4-5-6-7-8-9-10-11-12-13-14-15-16-17(2)19-18(3)20;;/h17H,4-16H2,1-3H3,(H,19,20);;. The van der Waals surface area contributed by atoms with E-state index in [2.05, 4.69) is 19.2 Å². The molecule has 0 aliphatic heterocycles. The zero-order valence-electron chi connectivity index (χ0n) is 14.2. The molecule has 0 aliphatic carbocycles. The van der Waals surface area contributed by atoms with E-state index in [-0.39, 0.29) is 35.5 Å². The van der Waals surface area contributed by atoms with Crippen LogP contribution >= 0.6 is 0 Å². The van der Waals surface area contributed by atoms with Crippen molar-refractivity contribution in [2.45, 2.75) is 110 Å². The number of nitrogens with one attached hydrogen (secondary N) is 1. The van der Waals surface area contributed by atoms with Gasteiger partial charge in [-0.15, -0.1) is 0 Å². The second-order valence-corrected chi connectivity index (χ2v) is 6.28. The monoisotopic (exact) mass is 307 g/mol. The van der Waals surface area contributed by atoms with Crippen LogP contribution in [0.5, 0.6) is 0 Å². The fourth-order valence-electron chi connectivity index (χ4n) is 2.71. The minimum absolute atomic E-state index is 0. The van der Waals surface area contributed by atoms with Crippen LogP contribution in [0.4, 0.5) is 0 Å². The molecule has 1 amide bonds. The van der Waals surface area contributed by atoms with Crippen molar-refractivity contribution in [2.75, 3.05) is 0 Å². The van der Waals surface area contributed by atoms with Gasteiger partial charge in [-0.1, -0.05) is 84.0 Å². The Balaban J connectivity index is 0. The van der Waals surface area contributed by atoms with Gasteiger partial charge in [-0.05, 0) is 13.3 Å². The summed E-state index contributed by atoms with van der Waals surface area (Å²) in [4.78, 5) is 10.9. The summed E-state index contributed by atoms with van der Waals surface area (Å²) in [5.74, 6) is 0.0939. The molecule has 0 fully saturated rings. The molecule has 1 N–H and O–H groups in total. The van der Waals surface area contributed by atoms with Crippen LogP contribution in [0.25, 0.3) is 0 Å². The minimum atomic E-state index is 0. The van der Waals surface area contributed by atoms with E-state index in [0.29, 0.717) is 6.04 Å². The fourth-order valence-corrected chi connectivity index (χ4v) is 2.71. The van der Waals surface area contributed by atoms with E-state index in [1.807, 2.05) is 0 Å². The summed E-state index contributed by atoms with van der Waals surface area (Å²) in [6.07, 6.45) is 17.8. The number of hydrogen-bond acceptors (Lipinski definition) is 1. The Morgan fingerprint density at radius 3 is 1.57 bits per heavy atom. The Hall–Kier alpha value is 0.470. The first-order valence-corrected chi connectivity index (χ1v) is 8.94. The van der Waals surface area contributed by atoms with Crippen molar-refractivity contribution in [3.8, 4) is 0 Å². The maximum atomic E-state index is 10.9. The molecule has 3 heteroatoms. The third kappa shape index (κ3) is 20.5. The van der Waals surface area contributed by atoms with E-state index < -0.39 is 0 Å². The summed E-state index contributed by atoms with van der Waals surface area (Å²) >= 11 is 0. The molecule has 122 valence electrons. The fraction of sp³-hybridized carbons (Fsp3) is 0.944. The molecule has 0 aromatic rings. The van der Waals surface area contributed by atoms with Crippen molar-refractivity contribution in [1.82, 2.24) is 5.32 Å². The molecule has 0 saturated carbocycles. The molecular formula is C18H38NNaO. The molecule has 0 aliphatic rings. The van der Waals surface area contributed by atoms with E-state index in [1.54, 1.807) is 6.92 Å². The van der Waals surface area contributed by atoms with Gasteiger partial charge in [0.1, 0.15) is 0 Å². The number of hydrogen-bond donors (Lipinski definition) is 1. The van der Waals surface area contributed by atoms with Gasteiger partial charge in [0.05, 0.1) is 0 Å². The SMILES string of the molecule is CCCCCCCCCCCCCCC(C)NC(C)=O.[NaH]. The van der Waals surface area contributed by atoms with Gasteiger partial charge in [-0.3, -0.25) is 4.79 Å². The van der Waals surface area contributed by atoms with Crippen LogP contribution in [0, 0.1) is 0 Å². The quantitative estimate of drug-likeness (QED) is 0.357. The summed E-state index contributed by atoms with van der Waals surface area (Å²) < 4.78 is 0. The number of rotatable bonds is 14. The first-order valence-electron chi connectivity index (χ1n) is 8.94. The van der Waals surface area contributed by atoms with Crippen LogP contribution in [0.1, 0.15) is 104 Å². The molecule has 0 radical (unpaired) electrons. The maximum absolute atomic E-state index is 10.9. The van der Waals surface area contributed by atoms with Crippen LogP contribution < -0.4 is 5.32 Å². The van der Waals surface area contributed by atoms with E-state index in [1.165, 1.54) is 77.0 Å². The van der Waals surface area contributed by atoms with Crippen molar-refractivity contribution in [1.29, 1.82) is 0 Å². The Labute approximate surface area is 155 Å². The summed E-state index contributed by atoms with van der Waals surface area (Å²) in [6, 6.07) is 0.343. The molecule has 0 heterocycles. The molecule has 1 atom stereocenters. The van der Waals surface area contributed by atoms with Crippen LogP contribution in [-0.4, -0.2) is 41.5 Å². The van der Waals surface area contributed by atoms with Crippen LogP contribution in [0.3, 0.4) is 0 Å². The van der Waals surface area contributed by atoms with Gasteiger partial charge in [0, 0.05) is 13.0 Å². The predicted octanol–water partition coefficient (Wildman–Crippen LogP) is 4.95. The molecule has 0 aromatic carbocycles. The first kappa shape index (κ1) is 23.7. The van der Waals surface area contributed by atoms with E-state index >= 15 is 0 Å². The van der Waals surface area contributed by atoms with Gasteiger partial charge in [0.15, 0.2) is 0 Å². The molecule has 0 spiro atoms. The molecule has 0 rings (SSSR count). The van der Waals surface area contributed by atoms with E-state index in [0.717, 1.165) is 6.42 Å². The summed E-state index contributed by atoms with van der Waals surface area (Å²) in [5.41, 5.74) is 0. The number of carbonyl (C=O) groups is 1. The molecule has 0 aromatic heterocycles. The van der Waals surface area contributed by atoms with Gasteiger partial charge in [0.2, 0.25) is 5.91 Å². The van der Waals surface area contributed by atoms with Gasteiger partial charge in [0.25, 0.3) is 0 Å². The molecule has 2 nitrogen and oxygen atoms in total. The third-order valence-corrected chi connectivity index (χ3v) is 3.94. The second-order valence-electron chi connectivity index (χ2n) is 6.28. The zero-order chi connectivity index (χ0) is 15.1. The number of carbonyl (C=O) groups excluding carboxylic acids is 1. The van der Waals surface area contributed by atoms with Gasteiger partial charge in [-0.25, -0.2) is 0 Å². The van der Waals surface area contributed by atoms with Crippen LogP contribution in [-0.2, 0) is 4.79 Å². The molecule has 21 heavy (non-hydrogen) atoms. The Kier molecular flexibility index (Phi) is 20.9. The normalized spacial score (nSPS) is 11.8. The average Bonchev–Trinajstić information content (AvgIpc) is 2.39. The second kappa shape index (κ2) is 18.5. The number of unbranched alkanes of at least 4 members (excludes halogenated alkanes) is 11. The van der Waals surface area contributed by atoms with Crippen LogP contribution in [0.15, 0.2) is 0 Å². The molecular weight excluding hydrogens is 269 g/mol. The van der Waals surface area contributed by atoms with Crippen molar-refractivity contribution in [2.24, 2.45) is 0 Å². The van der Waals surface area contributed by atoms with Gasteiger partial charge < -0.3 is 5.32 Å². The topological polar surface area (TPSA) is 29.1 Å². The Bertz CT molecular complexity index is 221. The Morgan fingerprint density at radius 1 is 0.810 bits per heavy atom. The van der Waals surface area contributed by atoms with Crippen LogP contribution in [0.2, 0.25) is 0 Å². The predicted molar refractivity (Wildman–Crippen MR) is 96.1 cm³/mol. The van der Waals surface area contributed by atoms with Crippen molar-refractivity contribution in [3.63, 3.8) is 0 Å². The summed E-state index contributed by atoms with van der Waals surface area (Å²) in [5, 5.41) is 2.94. The molecule has 0 bridgehead atoms.